The van der Waals surface area contributed by atoms with Crippen molar-refractivity contribution in [3.05, 3.63) is 28.7 Å². The fourth-order valence-corrected chi connectivity index (χ4v) is 5.58. The first-order valence-electron chi connectivity index (χ1n) is 11.9. The van der Waals surface area contributed by atoms with Gasteiger partial charge < -0.3 is 33.2 Å². The molecule has 3 aliphatic heterocycles. The number of hydrogen-bond acceptors (Lipinski definition) is 14. The van der Waals surface area contributed by atoms with Gasteiger partial charge in [-0.3, -0.25) is 28.9 Å². The molecule has 0 N–H and O–H groups in total. The van der Waals surface area contributed by atoms with Crippen LogP contribution < -0.4 is 9.47 Å². The molecule has 4 rings (SSSR count). The number of thiocarbonyl (C=S) groups is 1. The summed E-state index contributed by atoms with van der Waals surface area (Å²) in [6, 6.07) is 5.13. The van der Waals surface area contributed by atoms with Crippen molar-refractivity contribution < 1.29 is 57.1 Å². The SMILES string of the molecule is CC(=O)OC[C@H]1O[C@@H](N2C(=O)/C(=C\c3ccc4c(c3)OCO4)SC2=S)[C@H](OC(C)=O)[C@@H](OC(C)=O)[C@@H]1OC(C)=O. The second kappa shape index (κ2) is 12.2. The molecule has 5 atom stereocenters. The van der Waals surface area contributed by atoms with Crippen molar-refractivity contribution in [3.8, 4) is 11.5 Å². The summed E-state index contributed by atoms with van der Waals surface area (Å²) in [5.74, 6) is -2.52. The van der Waals surface area contributed by atoms with E-state index in [0.29, 0.717) is 17.1 Å². The average molecular weight is 596 g/mol. The first kappa shape index (κ1) is 29.3. The van der Waals surface area contributed by atoms with Crippen LogP contribution in [0.1, 0.15) is 33.3 Å². The minimum atomic E-state index is -1.47. The topological polar surface area (TPSA) is 153 Å². The molecule has 0 radical (unpaired) electrons. The molecule has 0 aromatic heterocycles. The second-order valence-electron chi connectivity index (χ2n) is 8.75. The van der Waals surface area contributed by atoms with E-state index in [1.54, 1.807) is 24.3 Å². The Bertz CT molecular complexity index is 1280. The smallest absolute Gasteiger partial charge is 0.303 e. The van der Waals surface area contributed by atoms with E-state index < -0.39 is 67.0 Å². The van der Waals surface area contributed by atoms with Crippen molar-refractivity contribution in [2.75, 3.05) is 13.4 Å². The number of hydrogen-bond donors (Lipinski definition) is 0. The summed E-state index contributed by atoms with van der Waals surface area (Å²) in [7, 11) is 0. The number of amides is 1. The minimum absolute atomic E-state index is 0.0536. The van der Waals surface area contributed by atoms with Crippen LogP contribution in [0.25, 0.3) is 6.08 Å². The van der Waals surface area contributed by atoms with Gasteiger partial charge in [-0.25, -0.2) is 0 Å². The molecule has 40 heavy (non-hydrogen) atoms. The van der Waals surface area contributed by atoms with E-state index in [1.165, 1.54) is 0 Å². The standard InChI is InChI=1S/C25H25NO12S2/c1-11(27)32-9-18-20(35-12(2)28)21(36-13(3)29)22(37-14(4)30)24(38-18)26-23(31)19(40-25(26)39)8-15-5-6-16-17(7-15)34-10-33-16/h5-8,18,20-22,24H,9-10H2,1-4H3/b19-8+/t18-,20-,21+,22-,24-/m1/s1. The van der Waals surface area contributed by atoms with E-state index in [4.69, 9.17) is 45.4 Å². The van der Waals surface area contributed by atoms with E-state index in [0.717, 1.165) is 44.4 Å². The van der Waals surface area contributed by atoms with Gasteiger partial charge in [0.05, 0.1) is 4.91 Å². The van der Waals surface area contributed by atoms with Crippen LogP contribution in [0.4, 0.5) is 0 Å². The third-order valence-corrected chi connectivity index (χ3v) is 7.07. The summed E-state index contributed by atoms with van der Waals surface area (Å²) in [6.45, 7) is 4.14. The summed E-state index contributed by atoms with van der Waals surface area (Å²) in [5.41, 5.74) is 0.631. The third-order valence-electron chi connectivity index (χ3n) is 5.74. The van der Waals surface area contributed by atoms with Crippen LogP contribution in [0, 0.1) is 0 Å². The Balaban J connectivity index is 1.71. The Kier molecular flexibility index (Phi) is 8.95. The number of carbonyl (C=O) groups excluding carboxylic acids is 5. The molecule has 2 fully saturated rings. The van der Waals surface area contributed by atoms with Crippen LogP contribution in [0.15, 0.2) is 23.1 Å². The number of carbonyl (C=O) groups is 5. The van der Waals surface area contributed by atoms with E-state index in [-0.39, 0.29) is 16.0 Å². The molecule has 0 aliphatic carbocycles. The highest BCUT2D eigenvalue weighted by Gasteiger charge is 2.56. The van der Waals surface area contributed by atoms with Crippen LogP contribution in [0.2, 0.25) is 0 Å². The lowest BCUT2D eigenvalue weighted by Gasteiger charge is -2.46. The Morgan fingerprint density at radius 2 is 1.57 bits per heavy atom. The number of thioether (sulfide) groups is 1. The monoisotopic (exact) mass is 595 g/mol. The van der Waals surface area contributed by atoms with E-state index in [2.05, 4.69) is 0 Å². The number of ether oxygens (including phenoxy) is 7. The van der Waals surface area contributed by atoms with Gasteiger partial charge in [-0.1, -0.05) is 30.0 Å². The van der Waals surface area contributed by atoms with E-state index in [9.17, 15) is 24.0 Å². The Labute approximate surface area is 238 Å². The first-order chi connectivity index (χ1) is 18.9. The van der Waals surface area contributed by atoms with Crippen LogP contribution in [-0.2, 0) is 47.7 Å². The molecular formula is C25H25NO12S2. The zero-order valence-electron chi connectivity index (χ0n) is 21.8. The molecular weight excluding hydrogens is 570 g/mol. The quantitative estimate of drug-likeness (QED) is 0.194. The zero-order valence-corrected chi connectivity index (χ0v) is 23.4. The number of esters is 4. The molecule has 0 saturated carbocycles. The van der Waals surface area contributed by atoms with Gasteiger partial charge in [0.1, 0.15) is 12.7 Å². The van der Waals surface area contributed by atoms with Crippen molar-refractivity contribution in [2.24, 2.45) is 0 Å². The van der Waals surface area contributed by atoms with Gasteiger partial charge in [0.2, 0.25) is 6.79 Å². The van der Waals surface area contributed by atoms with Gasteiger partial charge in [-0.2, -0.15) is 0 Å². The van der Waals surface area contributed by atoms with Gasteiger partial charge in [0.15, 0.2) is 40.4 Å². The van der Waals surface area contributed by atoms with Crippen LogP contribution >= 0.6 is 24.0 Å². The maximum absolute atomic E-state index is 13.6. The van der Waals surface area contributed by atoms with Crippen molar-refractivity contribution in [1.29, 1.82) is 0 Å². The highest BCUT2D eigenvalue weighted by molar-refractivity contribution is 8.26. The molecule has 3 heterocycles. The van der Waals surface area contributed by atoms with E-state index in [1.807, 2.05) is 0 Å². The molecule has 1 aromatic rings. The lowest BCUT2D eigenvalue weighted by atomic mass is 9.96. The molecule has 0 unspecified atom stereocenters. The fraction of sp³-hybridized carbons (Fsp3) is 0.440. The highest BCUT2D eigenvalue weighted by atomic mass is 32.2. The molecule has 3 aliphatic rings. The number of rotatable bonds is 7. The Morgan fingerprint density at radius 3 is 2.23 bits per heavy atom. The van der Waals surface area contributed by atoms with Gasteiger partial charge in [-0.05, 0) is 23.8 Å². The van der Waals surface area contributed by atoms with Crippen LogP contribution in [-0.4, -0.2) is 83.0 Å². The number of nitrogens with zero attached hydrogens (tertiary/aromatic N) is 1. The molecule has 13 nitrogen and oxygen atoms in total. The van der Waals surface area contributed by atoms with Gasteiger partial charge in [0, 0.05) is 27.7 Å². The Hall–Kier alpha value is -3.69. The summed E-state index contributed by atoms with van der Waals surface area (Å²) < 4.78 is 38.2. The number of fused-ring (bicyclic) bond motifs is 1. The molecule has 0 spiro atoms. The van der Waals surface area contributed by atoms with E-state index >= 15 is 0 Å². The number of benzene rings is 1. The predicted octanol–water partition coefficient (Wildman–Crippen LogP) is 1.70. The van der Waals surface area contributed by atoms with Crippen molar-refractivity contribution in [3.63, 3.8) is 0 Å². The average Bonchev–Trinajstić information content (AvgIpc) is 3.43. The largest absolute Gasteiger partial charge is 0.463 e. The maximum atomic E-state index is 13.6. The Morgan fingerprint density at radius 1 is 0.950 bits per heavy atom. The van der Waals surface area contributed by atoms with Crippen LogP contribution in [0.3, 0.4) is 0 Å². The second-order valence-corrected chi connectivity index (χ2v) is 10.4. The molecule has 2 saturated heterocycles. The van der Waals surface area contributed by atoms with Crippen molar-refractivity contribution >= 4 is 64.2 Å². The van der Waals surface area contributed by atoms with Crippen molar-refractivity contribution in [2.45, 2.75) is 58.3 Å². The zero-order chi connectivity index (χ0) is 29.1. The van der Waals surface area contributed by atoms with Gasteiger partial charge >= 0.3 is 23.9 Å². The summed E-state index contributed by atoms with van der Waals surface area (Å²) in [6.07, 6.45) is -5.33. The highest BCUT2D eigenvalue weighted by Crippen LogP contribution is 2.40. The van der Waals surface area contributed by atoms with Crippen molar-refractivity contribution in [1.82, 2.24) is 4.90 Å². The molecule has 15 heteroatoms. The molecule has 1 amide bonds. The molecule has 214 valence electrons. The molecule has 0 bridgehead atoms. The lowest BCUT2D eigenvalue weighted by Crippen LogP contribution is -2.66. The first-order valence-corrected chi connectivity index (χ1v) is 13.1. The van der Waals surface area contributed by atoms with Gasteiger partial charge in [0.25, 0.3) is 5.91 Å². The molecule has 1 aromatic carbocycles. The summed E-state index contributed by atoms with van der Waals surface area (Å²) >= 11 is 6.46. The van der Waals surface area contributed by atoms with Gasteiger partial charge in [-0.15, -0.1) is 0 Å². The summed E-state index contributed by atoms with van der Waals surface area (Å²) in [4.78, 5) is 62.6. The minimum Gasteiger partial charge on any atom is -0.463 e. The maximum Gasteiger partial charge on any atom is 0.303 e. The predicted molar refractivity (Wildman–Crippen MR) is 140 cm³/mol. The van der Waals surface area contributed by atoms with Crippen LogP contribution in [0.5, 0.6) is 11.5 Å². The third kappa shape index (κ3) is 6.54. The lowest BCUT2D eigenvalue weighted by molar-refractivity contribution is -0.268. The normalized spacial score (nSPS) is 26.4. The summed E-state index contributed by atoms with van der Waals surface area (Å²) in [5, 5.41) is 0. The fourth-order valence-electron chi connectivity index (χ4n) is 4.27.